The van der Waals surface area contributed by atoms with Crippen LogP contribution in [0.25, 0.3) is 0 Å². The Kier molecular flexibility index (Phi) is 6.69. The highest BCUT2D eigenvalue weighted by atomic mass is 35.5. The number of ether oxygens (including phenoxy) is 2. The molecule has 1 heterocycles. The molecule has 2 rings (SSSR count). The van der Waals surface area contributed by atoms with Crippen LogP contribution in [0, 0.1) is 0 Å². The molecule has 0 unspecified atom stereocenters. The molecule has 0 aliphatic heterocycles. The van der Waals surface area contributed by atoms with E-state index in [9.17, 15) is 9.59 Å². The van der Waals surface area contributed by atoms with Crippen LogP contribution in [-0.4, -0.2) is 30.7 Å². The molecule has 128 valence electrons. The van der Waals surface area contributed by atoms with Gasteiger partial charge < -0.3 is 19.4 Å². The number of amides is 1. The van der Waals surface area contributed by atoms with Gasteiger partial charge in [0, 0.05) is 25.4 Å². The van der Waals surface area contributed by atoms with Crippen molar-refractivity contribution in [2.75, 3.05) is 20.3 Å². The molecule has 0 bridgehead atoms. The van der Waals surface area contributed by atoms with E-state index in [4.69, 9.17) is 21.1 Å². The Labute approximate surface area is 145 Å². The molecule has 0 saturated heterocycles. The predicted octanol–water partition coefficient (Wildman–Crippen LogP) is 2.10. The molecule has 7 heteroatoms. The number of halogens is 1. The number of methoxy groups -OCH3 is 1. The Morgan fingerprint density at radius 3 is 2.71 bits per heavy atom. The van der Waals surface area contributed by atoms with Crippen LogP contribution < -0.4 is 20.3 Å². The molecule has 0 aliphatic carbocycles. The third-order valence-corrected chi connectivity index (χ3v) is 3.50. The normalized spacial score (nSPS) is 10.2. The van der Waals surface area contributed by atoms with Gasteiger partial charge in [-0.05, 0) is 24.6 Å². The van der Waals surface area contributed by atoms with Gasteiger partial charge in [0.1, 0.15) is 0 Å². The lowest BCUT2D eigenvalue weighted by Gasteiger charge is -2.11. The minimum Gasteiger partial charge on any atom is -0.493 e. The van der Waals surface area contributed by atoms with E-state index in [0.29, 0.717) is 36.0 Å². The second-order valence-electron chi connectivity index (χ2n) is 5.02. The topological polar surface area (TPSA) is 69.6 Å². The number of para-hydroxylation sites is 2. The number of hydrogen-bond donors (Lipinski definition) is 1. The van der Waals surface area contributed by atoms with E-state index in [1.54, 1.807) is 37.6 Å². The number of carbonyl (C=O) groups excluding carboxylic acids is 1. The average molecular weight is 351 g/mol. The summed E-state index contributed by atoms with van der Waals surface area (Å²) in [4.78, 5) is 23.4. The highest BCUT2D eigenvalue weighted by molar-refractivity contribution is 6.30. The molecule has 0 saturated carbocycles. The SMILES string of the molecule is COc1ccccc1OCC(=O)NCCCn1cc(Cl)ccc1=O. The zero-order valence-electron chi connectivity index (χ0n) is 13.3. The summed E-state index contributed by atoms with van der Waals surface area (Å²) in [6.45, 7) is 0.817. The van der Waals surface area contributed by atoms with E-state index in [2.05, 4.69) is 5.32 Å². The van der Waals surface area contributed by atoms with Crippen molar-refractivity contribution in [2.24, 2.45) is 0 Å². The first-order valence-electron chi connectivity index (χ1n) is 7.48. The van der Waals surface area contributed by atoms with Crippen LogP contribution in [-0.2, 0) is 11.3 Å². The molecule has 1 N–H and O–H groups in total. The third kappa shape index (κ3) is 5.31. The molecular weight excluding hydrogens is 332 g/mol. The minimum atomic E-state index is -0.237. The average Bonchev–Trinajstić information content (AvgIpc) is 2.60. The fraction of sp³-hybridized carbons (Fsp3) is 0.294. The standard InChI is InChI=1S/C17H19ClN2O4/c1-23-14-5-2-3-6-15(14)24-12-16(21)19-9-4-10-20-11-13(18)7-8-17(20)22/h2-3,5-8,11H,4,9-10,12H2,1H3,(H,19,21). The van der Waals surface area contributed by atoms with Crippen LogP contribution in [0.5, 0.6) is 11.5 Å². The van der Waals surface area contributed by atoms with Crippen molar-refractivity contribution in [1.29, 1.82) is 0 Å². The first-order valence-corrected chi connectivity index (χ1v) is 7.86. The Hall–Kier alpha value is -2.47. The molecule has 0 fully saturated rings. The highest BCUT2D eigenvalue weighted by Gasteiger charge is 2.06. The number of rotatable bonds is 8. The van der Waals surface area contributed by atoms with Crippen LogP contribution in [0.3, 0.4) is 0 Å². The van der Waals surface area contributed by atoms with Crippen LogP contribution in [0.4, 0.5) is 0 Å². The maximum Gasteiger partial charge on any atom is 0.257 e. The molecule has 6 nitrogen and oxygen atoms in total. The number of hydrogen-bond acceptors (Lipinski definition) is 4. The van der Waals surface area contributed by atoms with E-state index in [-0.39, 0.29) is 18.1 Å². The summed E-state index contributed by atoms with van der Waals surface area (Å²) in [5.41, 5.74) is -0.120. The Balaban J connectivity index is 1.72. The van der Waals surface area contributed by atoms with Gasteiger partial charge in [0.15, 0.2) is 18.1 Å². The predicted molar refractivity (Wildman–Crippen MR) is 91.8 cm³/mol. The van der Waals surface area contributed by atoms with E-state index in [1.165, 1.54) is 10.6 Å². The molecule has 0 radical (unpaired) electrons. The zero-order chi connectivity index (χ0) is 17.4. The largest absolute Gasteiger partial charge is 0.493 e. The van der Waals surface area contributed by atoms with Crippen molar-refractivity contribution in [1.82, 2.24) is 9.88 Å². The van der Waals surface area contributed by atoms with E-state index >= 15 is 0 Å². The van der Waals surface area contributed by atoms with Crippen molar-refractivity contribution in [3.05, 3.63) is 58.0 Å². The number of nitrogens with one attached hydrogen (secondary N) is 1. The molecule has 0 atom stereocenters. The summed E-state index contributed by atoms with van der Waals surface area (Å²) >= 11 is 5.85. The van der Waals surface area contributed by atoms with Crippen LogP contribution in [0.1, 0.15) is 6.42 Å². The summed E-state index contributed by atoms with van der Waals surface area (Å²) in [6.07, 6.45) is 2.19. The van der Waals surface area contributed by atoms with Gasteiger partial charge >= 0.3 is 0 Å². The first-order chi connectivity index (χ1) is 11.6. The molecule has 2 aromatic rings. The fourth-order valence-electron chi connectivity index (χ4n) is 2.09. The lowest BCUT2D eigenvalue weighted by atomic mass is 10.3. The number of aromatic nitrogens is 1. The number of carbonyl (C=O) groups is 1. The van der Waals surface area contributed by atoms with Crippen LogP contribution in [0.2, 0.25) is 5.02 Å². The van der Waals surface area contributed by atoms with Gasteiger partial charge in [-0.25, -0.2) is 0 Å². The number of aryl methyl sites for hydroxylation is 1. The van der Waals surface area contributed by atoms with Crippen molar-refractivity contribution in [3.63, 3.8) is 0 Å². The lowest BCUT2D eigenvalue weighted by Crippen LogP contribution is -2.31. The van der Waals surface area contributed by atoms with Gasteiger partial charge in [0.05, 0.1) is 12.1 Å². The maximum absolute atomic E-state index is 11.8. The lowest BCUT2D eigenvalue weighted by molar-refractivity contribution is -0.123. The number of pyridine rings is 1. The molecule has 24 heavy (non-hydrogen) atoms. The maximum atomic E-state index is 11.8. The van der Waals surface area contributed by atoms with Crippen LogP contribution in [0.15, 0.2) is 47.4 Å². The monoisotopic (exact) mass is 350 g/mol. The van der Waals surface area contributed by atoms with Gasteiger partial charge in [0.25, 0.3) is 11.5 Å². The summed E-state index contributed by atoms with van der Waals surface area (Å²) in [5.74, 6) is 0.852. The van der Waals surface area contributed by atoms with Gasteiger partial charge in [-0.3, -0.25) is 9.59 Å². The molecule has 0 spiro atoms. The molecular formula is C17H19ClN2O4. The van der Waals surface area contributed by atoms with Crippen LogP contribution >= 0.6 is 11.6 Å². The third-order valence-electron chi connectivity index (χ3n) is 3.27. The summed E-state index contributed by atoms with van der Waals surface area (Å²) < 4.78 is 12.1. The summed E-state index contributed by atoms with van der Waals surface area (Å²) in [7, 11) is 1.54. The van der Waals surface area contributed by atoms with Gasteiger partial charge in [-0.2, -0.15) is 0 Å². The van der Waals surface area contributed by atoms with Gasteiger partial charge in [0.2, 0.25) is 0 Å². The summed E-state index contributed by atoms with van der Waals surface area (Å²) in [5, 5.41) is 3.25. The molecule has 1 aromatic heterocycles. The second kappa shape index (κ2) is 8.98. The quantitative estimate of drug-likeness (QED) is 0.740. The van der Waals surface area contributed by atoms with E-state index in [0.717, 1.165) is 0 Å². The first kappa shape index (κ1) is 17.9. The van der Waals surface area contributed by atoms with Crippen molar-refractivity contribution < 1.29 is 14.3 Å². The van der Waals surface area contributed by atoms with Crippen molar-refractivity contribution in [2.45, 2.75) is 13.0 Å². The highest BCUT2D eigenvalue weighted by Crippen LogP contribution is 2.25. The van der Waals surface area contributed by atoms with Gasteiger partial charge in [-0.15, -0.1) is 0 Å². The molecule has 1 aromatic carbocycles. The smallest absolute Gasteiger partial charge is 0.257 e. The zero-order valence-corrected chi connectivity index (χ0v) is 14.1. The Morgan fingerprint density at radius 2 is 1.96 bits per heavy atom. The Bertz CT molecular complexity index is 745. The minimum absolute atomic E-state index is 0.0997. The van der Waals surface area contributed by atoms with Crippen molar-refractivity contribution >= 4 is 17.5 Å². The molecule has 1 amide bonds. The molecule has 0 aliphatic rings. The Morgan fingerprint density at radius 1 is 1.21 bits per heavy atom. The van der Waals surface area contributed by atoms with Crippen molar-refractivity contribution in [3.8, 4) is 11.5 Å². The number of nitrogens with zero attached hydrogens (tertiary/aromatic N) is 1. The second-order valence-corrected chi connectivity index (χ2v) is 5.46. The van der Waals surface area contributed by atoms with E-state index < -0.39 is 0 Å². The number of benzene rings is 1. The van der Waals surface area contributed by atoms with E-state index in [1.807, 2.05) is 6.07 Å². The summed E-state index contributed by atoms with van der Waals surface area (Å²) in [6, 6.07) is 10.1. The van der Waals surface area contributed by atoms with Gasteiger partial charge in [-0.1, -0.05) is 23.7 Å². The fourth-order valence-corrected chi connectivity index (χ4v) is 2.27.